The van der Waals surface area contributed by atoms with Crippen LogP contribution in [-0.4, -0.2) is 50.8 Å². The second-order valence-electron chi connectivity index (χ2n) is 5.71. The summed E-state index contributed by atoms with van der Waals surface area (Å²) in [6.07, 6.45) is 5.88. The minimum Gasteiger partial charge on any atom is -0.377 e. The molecule has 2 saturated heterocycles. The van der Waals surface area contributed by atoms with Crippen LogP contribution in [0.3, 0.4) is 0 Å². The van der Waals surface area contributed by atoms with Crippen molar-refractivity contribution in [2.45, 2.75) is 44.6 Å². The molecule has 19 heavy (non-hydrogen) atoms. The molecule has 0 aliphatic carbocycles. The van der Waals surface area contributed by atoms with E-state index < -0.39 is 10.0 Å². The molecule has 2 fully saturated rings. The number of nitrogens with two attached hydrogens (primary N) is 1. The van der Waals surface area contributed by atoms with Crippen molar-refractivity contribution in [2.24, 2.45) is 11.7 Å². The van der Waals surface area contributed by atoms with Crippen molar-refractivity contribution >= 4 is 10.0 Å². The molecule has 112 valence electrons. The van der Waals surface area contributed by atoms with Crippen molar-refractivity contribution in [3.8, 4) is 0 Å². The van der Waals surface area contributed by atoms with Gasteiger partial charge < -0.3 is 10.5 Å². The van der Waals surface area contributed by atoms with E-state index in [-0.39, 0.29) is 11.9 Å². The molecule has 2 N–H and O–H groups in total. The van der Waals surface area contributed by atoms with Gasteiger partial charge in [0.2, 0.25) is 10.0 Å². The van der Waals surface area contributed by atoms with E-state index in [4.69, 9.17) is 10.5 Å². The summed E-state index contributed by atoms with van der Waals surface area (Å²) < 4.78 is 32.1. The Labute approximate surface area is 116 Å². The minimum absolute atomic E-state index is 0.103. The van der Waals surface area contributed by atoms with Gasteiger partial charge in [-0.3, -0.25) is 0 Å². The van der Waals surface area contributed by atoms with E-state index in [1.165, 1.54) is 0 Å². The van der Waals surface area contributed by atoms with Crippen LogP contribution in [0.15, 0.2) is 0 Å². The number of hydrogen-bond donors (Lipinski definition) is 1. The highest BCUT2D eigenvalue weighted by Crippen LogP contribution is 2.23. The topological polar surface area (TPSA) is 72.6 Å². The largest absolute Gasteiger partial charge is 0.377 e. The third-order valence-corrected chi connectivity index (χ3v) is 6.03. The maximum atomic E-state index is 12.4. The normalized spacial score (nSPS) is 30.4. The molecule has 5 nitrogen and oxygen atoms in total. The van der Waals surface area contributed by atoms with E-state index in [2.05, 4.69) is 0 Å². The van der Waals surface area contributed by atoms with Crippen molar-refractivity contribution in [1.29, 1.82) is 0 Å². The zero-order chi connectivity index (χ0) is 13.7. The summed E-state index contributed by atoms with van der Waals surface area (Å²) in [6, 6.07) is 0. The van der Waals surface area contributed by atoms with Crippen LogP contribution in [0.5, 0.6) is 0 Å². The SMILES string of the molecule is NCCC1CCCN(S(=O)(=O)CC2CCCCO2)C1. The van der Waals surface area contributed by atoms with Crippen molar-refractivity contribution < 1.29 is 13.2 Å². The summed E-state index contributed by atoms with van der Waals surface area (Å²) in [5.74, 6) is 0.586. The molecule has 2 aliphatic heterocycles. The van der Waals surface area contributed by atoms with Crippen LogP contribution in [0, 0.1) is 5.92 Å². The van der Waals surface area contributed by atoms with Crippen LogP contribution >= 0.6 is 0 Å². The molecule has 2 heterocycles. The van der Waals surface area contributed by atoms with Gasteiger partial charge in [0.15, 0.2) is 0 Å². The maximum Gasteiger partial charge on any atom is 0.216 e. The predicted octanol–water partition coefficient (Wildman–Crippen LogP) is 0.946. The molecular formula is C13H26N2O3S. The van der Waals surface area contributed by atoms with Gasteiger partial charge in [0.05, 0.1) is 11.9 Å². The predicted molar refractivity (Wildman–Crippen MR) is 75.3 cm³/mol. The van der Waals surface area contributed by atoms with Gasteiger partial charge in [-0.1, -0.05) is 0 Å². The molecule has 6 heteroatoms. The molecule has 0 saturated carbocycles. The van der Waals surface area contributed by atoms with Gasteiger partial charge in [0.1, 0.15) is 0 Å². The number of sulfonamides is 1. The third-order valence-electron chi connectivity index (χ3n) is 4.12. The fourth-order valence-electron chi connectivity index (χ4n) is 3.03. The van der Waals surface area contributed by atoms with Gasteiger partial charge in [-0.15, -0.1) is 0 Å². The number of piperidine rings is 1. The van der Waals surface area contributed by atoms with Crippen molar-refractivity contribution in [3.63, 3.8) is 0 Å². The zero-order valence-corrected chi connectivity index (χ0v) is 12.4. The van der Waals surface area contributed by atoms with Gasteiger partial charge in [0.25, 0.3) is 0 Å². The zero-order valence-electron chi connectivity index (χ0n) is 11.6. The maximum absolute atomic E-state index is 12.4. The van der Waals surface area contributed by atoms with Crippen LogP contribution in [0.1, 0.15) is 38.5 Å². The van der Waals surface area contributed by atoms with E-state index in [9.17, 15) is 8.42 Å². The molecule has 2 atom stereocenters. The Morgan fingerprint density at radius 2 is 2.05 bits per heavy atom. The summed E-state index contributed by atoms with van der Waals surface area (Å²) in [6.45, 7) is 2.66. The molecule has 2 rings (SSSR count). The summed E-state index contributed by atoms with van der Waals surface area (Å²) >= 11 is 0. The lowest BCUT2D eigenvalue weighted by atomic mass is 9.96. The Morgan fingerprint density at radius 1 is 1.21 bits per heavy atom. The fourth-order valence-corrected chi connectivity index (χ4v) is 4.82. The summed E-state index contributed by atoms with van der Waals surface area (Å²) in [5.41, 5.74) is 5.58. The first-order chi connectivity index (χ1) is 9.12. The fraction of sp³-hybridized carbons (Fsp3) is 1.00. The number of rotatable bonds is 5. The van der Waals surface area contributed by atoms with Gasteiger partial charge in [-0.2, -0.15) is 0 Å². The summed E-state index contributed by atoms with van der Waals surface area (Å²) in [5, 5.41) is 0. The average Bonchev–Trinajstić information content (AvgIpc) is 2.40. The first-order valence-electron chi connectivity index (χ1n) is 7.41. The highest BCUT2D eigenvalue weighted by molar-refractivity contribution is 7.89. The lowest BCUT2D eigenvalue weighted by Crippen LogP contribution is -2.44. The standard InChI is InChI=1S/C13H26N2O3S/c14-7-6-12-4-3-8-15(10-12)19(16,17)11-13-5-1-2-9-18-13/h12-13H,1-11,14H2. The molecule has 2 aliphatic rings. The second kappa shape index (κ2) is 7.02. The molecule has 0 spiro atoms. The Hall–Kier alpha value is -0.170. The lowest BCUT2D eigenvalue weighted by molar-refractivity contribution is 0.0297. The van der Waals surface area contributed by atoms with Crippen LogP contribution in [0.4, 0.5) is 0 Å². The molecular weight excluding hydrogens is 264 g/mol. The van der Waals surface area contributed by atoms with Crippen molar-refractivity contribution in [2.75, 3.05) is 32.0 Å². The first-order valence-corrected chi connectivity index (χ1v) is 9.02. The Bertz CT molecular complexity index is 364. The van der Waals surface area contributed by atoms with Gasteiger partial charge >= 0.3 is 0 Å². The quantitative estimate of drug-likeness (QED) is 0.818. The monoisotopic (exact) mass is 290 g/mol. The number of hydrogen-bond acceptors (Lipinski definition) is 4. The van der Waals surface area contributed by atoms with Crippen LogP contribution in [-0.2, 0) is 14.8 Å². The molecule has 0 radical (unpaired) electrons. The van der Waals surface area contributed by atoms with Crippen LogP contribution in [0.2, 0.25) is 0 Å². The Balaban J connectivity index is 1.90. The second-order valence-corrected chi connectivity index (χ2v) is 7.72. The first kappa shape index (κ1) is 15.2. The highest BCUT2D eigenvalue weighted by Gasteiger charge is 2.31. The van der Waals surface area contributed by atoms with Crippen LogP contribution < -0.4 is 5.73 Å². The number of ether oxygens (including phenoxy) is 1. The van der Waals surface area contributed by atoms with Gasteiger partial charge in [-0.25, -0.2) is 12.7 Å². The van der Waals surface area contributed by atoms with E-state index in [0.717, 1.165) is 38.5 Å². The molecule has 0 bridgehead atoms. The third kappa shape index (κ3) is 4.41. The average molecular weight is 290 g/mol. The Kier molecular flexibility index (Phi) is 5.62. The molecule has 0 aromatic rings. The Morgan fingerprint density at radius 3 is 2.74 bits per heavy atom. The van der Waals surface area contributed by atoms with Gasteiger partial charge in [-0.05, 0) is 51.0 Å². The van der Waals surface area contributed by atoms with E-state index >= 15 is 0 Å². The molecule has 0 aromatic heterocycles. The van der Waals surface area contributed by atoms with E-state index in [1.807, 2.05) is 0 Å². The highest BCUT2D eigenvalue weighted by atomic mass is 32.2. The summed E-state index contributed by atoms with van der Waals surface area (Å²) in [4.78, 5) is 0. The van der Waals surface area contributed by atoms with Gasteiger partial charge in [0, 0.05) is 19.7 Å². The number of nitrogens with zero attached hydrogens (tertiary/aromatic N) is 1. The van der Waals surface area contributed by atoms with E-state index in [1.54, 1.807) is 4.31 Å². The van der Waals surface area contributed by atoms with Crippen LogP contribution in [0.25, 0.3) is 0 Å². The van der Waals surface area contributed by atoms with E-state index in [0.29, 0.717) is 32.2 Å². The molecule has 0 aromatic carbocycles. The molecule has 2 unspecified atom stereocenters. The molecule has 0 amide bonds. The smallest absolute Gasteiger partial charge is 0.216 e. The lowest BCUT2D eigenvalue weighted by Gasteiger charge is -2.33. The minimum atomic E-state index is -3.17. The van der Waals surface area contributed by atoms with Crippen molar-refractivity contribution in [1.82, 2.24) is 4.31 Å². The summed E-state index contributed by atoms with van der Waals surface area (Å²) in [7, 11) is -3.17. The van der Waals surface area contributed by atoms with Crippen molar-refractivity contribution in [3.05, 3.63) is 0 Å².